The first-order valence-corrected chi connectivity index (χ1v) is 5.96. The molecule has 0 bridgehead atoms. The third-order valence-corrected chi connectivity index (χ3v) is 2.73. The van der Waals surface area contributed by atoms with Crippen molar-refractivity contribution < 1.29 is 9.90 Å². The first kappa shape index (κ1) is 14.4. The van der Waals surface area contributed by atoms with Crippen molar-refractivity contribution in [1.29, 1.82) is 0 Å². The highest BCUT2D eigenvalue weighted by Gasteiger charge is 2.08. The molecular weight excluding hydrogens is 232 g/mol. The van der Waals surface area contributed by atoms with Gasteiger partial charge in [0.15, 0.2) is 5.75 Å². The highest BCUT2D eigenvalue weighted by atomic mass is 16.3. The number of aromatic nitrogens is 2. The number of carbonyl (C=O) groups is 1. The Morgan fingerprint density at radius 3 is 2.44 bits per heavy atom. The molecule has 1 rings (SSSR count). The number of rotatable bonds is 6. The molecule has 4 N–H and O–H groups in total. The van der Waals surface area contributed by atoms with E-state index in [9.17, 15) is 9.90 Å². The standard InChI is InChI=1S/C12H20N4O2/c1-7-11(18)8(2)16-12(15-7)14-6-4-5-10(13)9(3)17/h10,18H,4-6,13H2,1-3H3,(H,14,15,16). The van der Waals surface area contributed by atoms with Gasteiger partial charge in [-0.05, 0) is 33.6 Å². The molecule has 1 aromatic heterocycles. The monoisotopic (exact) mass is 252 g/mol. The molecule has 1 heterocycles. The van der Waals surface area contributed by atoms with Crippen molar-refractivity contribution in [2.75, 3.05) is 11.9 Å². The zero-order valence-electron chi connectivity index (χ0n) is 11.0. The van der Waals surface area contributed by atoms with Crippen molar-refractivity contribution in [3.63, 3.8) is 0 Å². The number of hydrogen-bond donors (Lipinski definition) is 3. The summed E-state index contributed by atoms with van der Waals surface area (Å²) >= 11 is 0. The maximum Gasteiger partial charge on any atom is 0.223 e. The van der Waals surface area contributed by atoms with Crippen molar-refractivity contribution in [3.05, 3.63) is 11.4 Å². The zero-order valence-corrected chi connectivity index (χ0v) is 11.0. The molecule has 1 unspecified atom stereocenters. The number of nitrogens with two attached hydrogens (primary N) is 1. The number of anilines is 1. The summed E-state index contributed by atoms with van der Waals surface area (Å²) in [5.74, 6) is 0.612. The van der Waals surface area contributed by atoms with E-state index in [0.717, 1.165) is 6.42 Å². The van der Waals surface area contributed by atoms with Gasteiger partial charge in [-0.15, -0.1) is 0 Å². The molecule has 6 nitrogen and oxygen atoms in total. The van der Waals surface area contributed by atoms with E-state index in [2.05, 4.69) is 15.3 Å². The normalized spacial score (nSPS) is 12.2. The molecule has 100 valence electrons. The van der Waals surface area contributed by atoms with Gasteiger partial charge in [-0.1, -0.05) is 0 Å². The molecule has 1 atom stereocenters. The van der Waals surface area contributed by atoms with Gasteiger partial charge in [-0.2, -0.15) is 0 Å². The lowest BCUT2D eigenvalue weighted by atomic mass is 10.1. The Kier molecular flexibility index (Phi) is 5.03. The maximum atomic E-state index is 10.9. The highest BCUT2D eigenvalue weighted by molar-refractivity contribution is 5.81. The molecule has 0 saturated heterocycles. The van der Waals surface area contributed by atoms with Crippen LogP contribution in [0, 0.1) is 13.8 Å². The molecule has 18 heavy (non-hydrogen) atoms. The summed E-state index contributed by atoms with van der Waals surface area (Å²) in [7, 11) is 0. The van der Waals surface area contributed by atoms with Gasteiger partial charge in [0.1, 0.15) is 5.78 Å². The van der Waals surface area contributed by atoms with Gasteiger partial charge in [-0.3, -0.25) is 4.79 Å². The van der Waals surface area contributed by atoms with Crippen LogP contribution in [0.4, 0.5) is 5.95 Å². The van der Waals surface area contributed by atoms with Crippen molar-refractivity contribution in [2.24, 2.45) is 5.73 Å². The van der Waals surface area contributed by atoms with Crippen LogP contribution in [0.5, 0.6) is 5.75 Å². The summed E-state index contributed by atoms with van der Waals surface area (Å²) < 4.78 is 0. The van der Waals surface area contributed by atoms with Crippen LogP contribution in [-0.4, -0.2) is 33.4 Å². The second-order valence-corrected chi connectivity index (χ2v) is 4.35. The quantitative estimate of drug-likeness (QED) is 0.650. The molecule has 0 aromatic carbocycles. The molecular formula is C12H20N4O2. The van der Waals surface area contributed by atoms with Crippen LogP contribution in [0.2, 0.25) is 0 Å². The van der Waals surface area contributed by atoms with Crippen LogP contribution in [0.15, 0.2) is 0 Å². The van der Waals surface area contributed by atoms with E-state index < -0.39 is 6.04 Å². The van der Waals surface area contributed by atoms with Gasteiger partial charge in [0.05, 0.1) is 17.4 Å². The minimum absolute atomic E-state index is 0.00238. The smallest absolute Gasteiger partial charge is 0.223 e. The summed E-state index contributed by atoms with van der Waals surface area (Å²) in [6.45, 7) is 5.58. The van der Waals surface area contributed by atoms with Crippen molar-refractivity contribution >= 4 is 11.7 Å². The number of ketones is 1. The minimum Gasteiger partial charge on any atom is -0.504 e. The predicted octanol–water partition coefficient (Wildman–Crippen LogP) is 0.907. The molecule has 0 amide bonds. The van der Waals surface area contributed by atoms with Gasteiger partial charge in [0, 0.05) is 6.54 Å². The maximum absolute atomic E-state index is 10.9. The van der Waals surface area contributed by atoms with Crippen molar-refractivity contribution in [2.45, 2.75) is 39.7 Å². The SMILES string of the molecule is CC(=O)C(N)CCCNc1nc(C)c(O)c(C)n1. The highest BCUT2D eigenvalue weighted by Crippen LogP contribution is 2.18. The van der Waals surface area contributed by atoms with Crippen molar-refractivity contribution in [1.82, 2.24) is 9.97 Å². The fourth-order valence-corrected chi connectivity index (χ4v) is 1.51. The van der Waals surface area contributed by atoms with Crippen LogP contribution in [0.3, 0.4) is 0 Å². The summed E-state index contributed by atoms with van der Waals surface area (Å²) in [4.78, 5) is 19.2. The van der Waals surface area contributed by atoms with E-state index in [0.29, 0.717) is 30.3 Å². The topological polar surface area (TPSA) is 101 Å². The van der Waals surface area contributed by atoms with E-state index in [1.807, 2.05) is 0 Å². The Morgan fingerprint density at radius 2 is 1.94 bits per heavy atom. The first-order chi connectivity index (χ1) is 8.41. The number of aromatic hydroxyl groups is 1. The van der Waals surface area contributed by atoms with Crippen LogP contribution < -0.4 is 11.1 Å². The Balaban J connectivity index is 2.43. The molecule has 0 aliphatic rings. The molecule has 0 radical (unpaired) electrons. The third kappa shape index (κ3) is 3.96. The number of hydrogen-bond acceptors (Lipinski definition) is 6. The van der Waals surface area contributed by atoms with Crippen LogP contribution in [-0.2, 0) is 4.79 Å². The largest absolute Gasteiger partial charge is 0.504 e. The van der Waals surface area contributed by atoms with Crippen molar-refractivity contribution in [3.8, 4) is 5.75 Å². The Labute approximate surface area is 107 Å². The molecule has 0 aliphatic heterocycles. The van der Waals surface area contributed by atoms with E-state index >= 15 is 0 Å². The van der Waals surface area contributed by atoms with Gasteiger partial charge >= 0.3 is 0 Å². The number of Topliss-reactive ketones (excluding diaryl/α,β-unsaturated/α-hetero) is 1. The van der Waals surface area contributed by atoms with Gasteiger partial charge in [-0.25, -0.2) is 9.97 Å². The van der Waals surface area contributed by atoms with Gasteiger partial charge in [0.25, 0.3) is 0 Å². The lowest BCUT2D eigenvalue weighted by molar-refractivity contribution is -0.118. The lowest BCUT2D eigenvalue weighted by Gasteiger charge is -2.10. The molecule has 0 aliphatic carbocycles. The number of aryl methyl sites for hydroxylation is 2. The lowest BCUT2D eigenvalue weighted by Crippen LogP contribution is -2.28. The fraction of sp³-hybridized carbons (Fsp3) is 0.583. The molecule has 0 fully saturated rings. The summed E-state index contributed by atoms with van der Waals surface area (Å²) in [6, 6.07) is -0.393. The van der Waals surface area contributed by atoms with E-state index in [1.165, 1.54) is 6.92 Å². The van der Waals surface area contributed by atoms with Crippen LogP contribution in [0.25, 0.3) is 0 Å². The Bertz CT molecular complexity index is 411. The zero-order chi connectivity index (χ0) is 13.7. The Morgan fingerprint density at radius 1 is 1.39 bits per heavy atom. The number of nitrogens with one attached hydrogen (secondary N) is 1. The fourth-order valence-electron chi connectivity index (χ4n) is 1.51. The van der Waals surface area contributed by atoms with E-state index in [-0.39, 0.29) is 11.5 Å². The van der Waals surface area contributed by atoms with Crippen LogP contribution >= 0.6 is 0 Å². The van der Waals surface area contributed by atoms with Crippen LogP contribution in [0.1, 0.15) is 31.2 Å². The molecule has 6 heteroatoms. The minimum atomic E-state index is -0.393. The molecule has 0 spiro atoms. The second kappa shape index (κ2) is 6.30. The van der Waals surface area contributed by atoms with Gasteiger partial charge in [0.2, 0.25) is 5.95 Å². The average Bonchev–Trinajstić information content (AvgIpc) is 2.31. The van der Waals surface area contributed by atoms with E-state index in [4.69, 9.17) is 5.73 Å². The second-order valence-electron chi connectivity index (χ2n) is 4.35. The summed E-state index contributed by atoms with van der Waals surface area (Å²) in [5, 5.41) is 12.6. The predicted molar refractivity (Wildman–Crippen MR) is 69.6 cm³/mol. The first-order valence-electron chi connectivity index (χ1n) is 5.96. The summed E-state index contributed by atoms with van der Waals surface area (Å²) in [6.07, 6.45) is 1.40. The average molecular weight is 252 g/mol. The third-order valence-electron chi connectivity index (χ3n) is 2.73. The van der Waals surface area contributed by atoms with Gasteiger partial charge < -0.3 is 16.2 Å². The summed E-state index contributed by atoms with van der Waals surface area (Å²) in [5.41, 5.74) is 6.72. The number of nitrogens with zero attached hydrogens (tertiary/aromatic N) is 2. The molecule has 1 aromatic rings. The molecule has 0 saturated carbocycles. The van der Waals surface area contributed by atoms with E-state index in [1.54, 1.807) is 13.8 Å². The Hall–Kier alpha value is -1.69. The number of carbonyl (C=O) groups excluding carboxylic acids is 1.